The fourth-order valence-corrected chi connectivity index (χ4v) is 5.16. The number of fused-ring (bicyclic) bond motifs is 3. The quantitative estimate of drug-likeness (QED) is 0.396. The molecule has 176 valence electrons. The Balaban J connectivity index is 1.75. The fraction of sp³-hybridized carbons (Fsp3) is 0.0833. The lowest BCUT2D eigenvalue weighted by atomic mass is 10.1. The molecular formula is C24H19FN6O3S. The van der Waals surface area contributed by atoms with Crippen molar-refractivity contribution in [3.8, 4) is 17.1 Å². The lowest BCUT2D eigenvalue weighted by molar-refractivity contribution is 0.598. The third-order valence-electron chi connectivity index (χ3n) is 6.36. The number of aryl methyl sites for hydroxylation is 2. The first kappa shape index (κ1) is 21.3. The van der Waals surface area contributed by atoms with Gasteiger partial charge in [-0.15, -0.1) is 0 Å². The number of sulfonamides is 1. The Labute approximate surface area is 197 Å². The predicted molar refractivity (Wildman–Crippen MR) is 131 cm³/mol. The van der Waals surface area contributed by atoms with Gasteiger partial charge in [0, 0.05) is 42.4 Å². The first-order valence-electron chi connectivity index (χ1n) is 10.6. The summed E-state index contributed by atoms with van der Waals surface area (Å²) >= 11 is 0. The van der Waals surface area contributed by atoms with Crippen LogP contribution >= 0.6 is 0 Å². The van der Waals surface area contributed by atoms with Gasteiger partial charge in [-0.25, -0.2) is 27.7 Å². The Hall–Kier alpha value is -4.22. The molecule has 0 aliphatic heterocycles. The molecule has 0 aliphatic carbocycles. The SMILES string of the molecule is Cn1c(=O)n(C)c2cc(-n3c(-c4c[nH]c5cccc(F)c45)nc4ccc(S(N)(=O)=O)cc43)ccc21. The minimum absolute atomic E-state index is 0.0732. The third kappa shape index (κ3) is 3.05. The normalized spacial score (nSPS) is 12.3. The van der Waals surface area contributed by atoms with Gasteiger partial charge in [-0.3, -0.25) is 13.7 Å². The number of H-pyrrole nitrogens is 1. The lowest BCUT2D eigenvalue weighted by Gasteiger charge is -2.11. The van der Waals surface area contributed by atoms with E-state index in [9.17, 15) is 17.6 Å². The maximum absolute atomic E-state index is 14.9. The zero-order chi connectivity index (χ0) is 24.6. The average molecular weight is 491 g/mol. The molecule has 0 saturated heterocycles. The van der Waals surface area contributed by atoms with Gasteiger partial charge in [0.25, 0.3) is 0 Å². The van der Waals surface area contributed by atoms with Crippen molar-refractivity contribution in [2.75, 3.05) is 0 Å². The second kappa shape index (κ2) is 7.14. The van der Waals surface area contributed by atoms with Crippen LogP contribution in [0.15, 0.2) is 70.5 Å². The van der Waals surface area contributed by atoms with Crippen molar-refractivity contribution < 1.29 is 12.8 Å². The third-order valence-corrected chi connectivity index (χ3v) is 7.28. The van der Waals surface area contributed by atoms with Crippen LogP contribution in [0.3, 0.4) is 0 Å². The van der Waals surface area contributed by atoms with Crippen LogP contribution in [0.1, 0.15) is 0 Å². The van der Waals surface area contributed by atoms with Crippen molar-refractivity contribution in [2.45, 2.75) is 4.90 Å². The van der Waals surface area contributed by atoms with Crippen LogP contribution in [0.2, 0.25) is 0 Å². The van der Waals surface area contributed by atoms with Crippen LogP contribution < -0.4 is 10.8 Å². The minimum atomic E-state index is -3.98. The van der Waals surface area contributed by atoms with Crippen LogP contribution in [0.5, 0.6) is 0 Å². The van der Waals surface area contributed by atoms with Gasteiger partial charge in [0.1, 0.15) is 11.6 Å². The number of nitrogens with one attached hydrogen (secondary N) is 1. The number of hydrogen-bond donors (Lipinski definition) is 2. The van der Waals surface area contributed by atoms with Crippen LogP contribution in [-0.2, 0) is 24.1 Å². The molecule has 9 nitrogen and oxygen atoms in total. The second-order valence-corrected chi connectivity index (χ2v) is 9.97. The summed E-state index contributed by atoms with van der Waals surface area (Å²) < 4.78 is 43.9. The molecule has 3 heterocycles. The number of rotatable bonds is 3. The van der Waals surface area contributed by atoms with Crippen molar-refractivity contribution in [3.05, 3.63) is 77.1 Å². The summed E-state index contributed by atoms with van der Waals surface area (Å²) in [4.78, 5) is 20.2. The summed E-state index contributed by atoms with van der Waals surface area (Å²) in [6, 6.07) is 14.6. The number of aromatic nitrogens is 5. The van der Waals surface area contributed by atoms with E-state index in [0.717, 1.165) is 5.52 Å². The van der Waals surface area contributed by atoms with Gasteiger partial charge in [0.2, 0.25) is 10.0 Å². The largest absolute Gasteiger partial charge is 0.360 e. The molecule has 0 amide bonds. The van der Waals surface area contributed by atoms with Crippen LogP contribution in [0.4, 0.5) is 4.39 Å². The van der Waals surface area contributed by atoms with Gasteiger partial charge in [0.15, 0.2) is 0 Å². The first-order chi connectivity index (χ1) is 16.6. The zero-order valence-electron chi connectivity index (χ0n) is 18.7. The molecule has 0 atom stereocenters. The van der Waals surface area contributed by atoms with Gasteiger partial charge in [-0.05, 0) is 48.5 Å². The van der Waals surface area contributed by atoms with E-state index >= 15 is 0 Å². The number of aromatic amines is 1. The van der Waals surface area contributed by atoms with E-state index in [4.69, 9.17) is 10.1 Å². The van der Waals surface area contributed by atoms with Crippen molar-refractivity contribution in [1.82, 2.24) is 23.7 Å². The molecule has 35 heavy (non-hydrogen) atoms. The molecule has 6 rings (SSSR count). The number of primary sulfonamides is 1. The second-order valence-electron chi connectivity index (χ2n) is 8.40. The number of hydrogen-bond acceptors (Lipinski definition) is 4. The maximum atomic E-state index is 14.9. The lowest BCUT2D eigenvalue weighted by Crippen LogP contribution is -2.19. The molecule has 0 spiro atoms. The van der Waals surface area contributed by atoms with E-state index in [1.54, 1.807) is 59.8 Å². The van der Waals surface area contributed by atoms with E-state index < -0.39 is 15.8 Å². The van der Waals surface area contributed by atoms with Gasteiger partial charge < -0.3 is 4.98 Å². The number of nitrogens with two attached hydrogens (primary N) is 1. The molecule has 3 aromatic carbocycles. The average Bonchev–Trinajstić information content (AvgIpc) is 3.48. The number of halogens is 1. The van der Waals surface area contributed by atoms with E-state index in [2.05, 4.69) is 4.98 Å². The molecule has 0 fully saturated rings. The Morgan fingerprint density at radius 2 is 1.74 bits per heavy atom. The molecule has 0 unspecified atom stereocenters. The van der Waals surface area contributed by atoms with E-state index in [-0.39, 0.29) is 10.6 Å². The van der Waals surface area contributed by atoms with Crippen LogP contribution in [-0.4, -0.2) is 32.1 Å². The topological polar surface area (TPSA) is 121 Å². The maximum Gasteiger partial charge on any atom is 0.328 e. The van der Waals surface area contributed by atoms with Crippen LogP contribution in [0, 0.1) is 5.82 Å². The Morgan fingerprint density at radius 3 is 2.51 bits per heavy atom. The summed E-state index contributed by atoms with van der Waals surface area (Å²) in [7, 11) is -0.613. The van der Waals surface area contributed by atoms with E-state index in [1.165, 1.54) is 22.8 Å². The molecule has 11 heteroatoms. The summed E-state index contributed by atoms with van der Waals surface area (Å²) in [6.07, 6.45) is 1.67. The van der Waals surface area contributed by atoms with E-state index in [0.29, 0.717) is 44.5 Å². The number of imidazole rings is 2. The van der Waals surface area contributed by atoms with Crippen LogP contribution in [0.25, 0.3) is 50.0 Å². The molecule has 0 bridgehead atoms. The molecule has 0 radical (unpaired) electrons. The highest BCUT2D eigenvalue weighted by Gasteiger charge is 2.22. The first-order valence-corrected chi connectivity index (χ1v) is 12.2. The molecular weight excluding hydrogens is 471 g/mol. The van der Waals surface area contributed by atoms with Gasteiger partial charge in [0.05, 0.1) is 27.0 Å². The predicted octanol–water partition coefficient (Wildman–Crippen LogP) is 3.15. The Kier molecular flexibility index (Phi) is 4.35. The van der Waals surface area contributed by atoms with E-state index in [1.807, 2.05) is 6.07 Å². The Bertz CT molecular complexity index is 2000. The highest BCUT2D eigenvalue weighted by molar-refractivity contribution is 7.89. The summed E-state index contributed by atoms with van der Waals surface area (Å²) in [5.74, 6) is -0.00769. The summed E-state index contributed by atoms with van der Waals surface area (Å²) in [5.41, 5.74) is 3.93. The number of benzene rings is 3. The summed E-state index contributed by atoms with van der Waals surface area (Å²) in [6.45, 7) is 0. The highest BCUT2D eigenvalue weighted by atomic mass is 32.2. The molecule has 6 aromatic rings. The van der Waals surface area contributed by atoms with Crippen molar-refractivity contribution >= 4 is 43.0 Å². The van der Waals surface area contributed by atoms with Gasteiger partial charge in [-0.2, -0.15) is 0 Å². The summed E-state index contributed by atoms with van der Waals surface area (Å²) in [5, 5.41) is 5.76. The molecule has 3 N–H and O–H groups in total. The highest BCUT2D eigenvalue weighted by Crippen LogP contribution is 2.35. The smallest absolute Gasteiger partial charge is 0.328 e. The standard InChI is InChI=1S/C24H19FN6O3S/c1-29-19-9-6-13(10-21(19)30(2)24(29)32)31-20-11-14(35(26,33)34)7-8-17(20)28-23(31)15-12-27-18-5-3-4-16(25)22(15)18/h3-12,27H,1-2H3,(H2,26,33,34). The zero-order valence-corrected chi connectivity index (χ0v) is 19.5. The monoisotopic (exact) mass is 490 g/mol. The van der Waals surface area contributed by atoms with Gasteiger partial charge >= 0.3 is 5.69 Å². The van der Waals surface area contributed by atoms with Crippen molar-refractivity contribution in [2.24, 2.45) is 19.2 Å². The Morgan fingerprint density at radius 1 is 0.971 bits per heavy atom. The molecule has 3 aromatic heterocycles. The minimum Gasteiger partial charge on any atom is -0.360 e. The fourth-order valence-electron chi connectivity index (χ4n) is 4.62. The van der Waals surface area contributed by atoms with Crippen molar-refractivity contribution in [3.63, 3.8) is 0 Å². The molecule has 0 saturated carbocycles. The van der Waals surface area contributed by atoms with Gasteiger partial charge in [-0.1, -0.05) is 6.07 Å². The molecule has 0 aliphatic rings. The number of nitrogens with zero attached hydrogens (tertiary/aromatic N) is 4. The van der Waals surface area contributed by atoms with Crippen molar-refractivity contribution in [1.29, 1.82) is 0 Å².